The molecule has 0 aromatic rings. The molecule has 0 aromatic heterocycles. The summed E-state index contributed by atoms with van der Waals surface area (Å²) in [5, 5.41) is 0. The SMILES string of the molecule is CCCC1C2C(C)C1C2(C)C. The third-order valence-corrected chi connectivity index (χ3v) is 4.40. The van der Waals surface area contributed by atoms with Crippen LogP contribution in [0.25, 0.3) is 0 Å². The van der Waals surface area contributed by atoms with Gasteiger partial charge in [-0.1, -0.05) is 40.5 Å². The molecule has 0 aliphatic heterocycles. The molecule has 0 nitrogen and oxygen atoms in total. The summed E-state index contributed by atoms with van der Waals surface area (Å²) in [4.78, 5) is 0. The lowest BCUT2D eigenvalue weighted by Gasteiger charge is -2.76. The summed E-state index contributed by atoms with van der Waals surface area (Å²) in [5.74, 6) is 4.33. The zero-order valence-corrected chi connectivity index (χ0v) is 8.22. The molecule has 0 amide bonds. The van der Waals surface area contributed by atoms with E-state index in [1.54, 1.807) is 0 Å². The van der Waals surface area contributed by atoms with Crippen LogP contribution in [0.2, 0.25) is 0 Å². The van der Waals surface area contributed by atoms with Crippen molar-refractivity contribution in [2.75, 3.05) is 0 Å². The second kappa shape index (κ2) is 2.02. The van der Waals surface area contributed by atoms with E-state index in [0.29, 0.717) is 0 Å². The van der Waals surface area contributed by atoms with E-state index in [0.717, 1.165) is 29.1 Å². The van der Waals surface area contributed by atoms with Crippen LogP contribution in [0.1, 0.15) is 40.5 Å². The Balaban J connectivity index is 1.97. The van der Waals surface area contributed by atoms with Gasteiger partial charge in [-0.2, -0.15) is 0 Å². The number of rotatable bonds is 2. The highest BCUT2D eigenvalue weighted by Gasteiger charge is 2.70. The van der Waals surface area contributed by atoms with Gasteiger partial charge in [0.15, 0.2) is 0 Å². The van der Waals surface area contributed by atoms with Crippen LogP contribution in [0.4, 0.5) is 0 Å². The van der Waals surface area contributed by atoms with E-state index in [1.807, 2.05) is 0 Å². The van der Waals surface area contributed by atoms with Crippen molar-refractivity contribution in [3.05, 3.63) is 0 Å². The molecule has 11 heavy (non-hydrogen) atoms. The first-order valence-electron chi connectivity index (χ1n) is 5.10. The number of hydrogen-bond acceptors (Lipinski definition) is 0. The van der Waals surface area contributed by atoms with Crippen LogP contribution < -0.4 is 0 Å². The second-order valence-corrected chi connectivity index (χ2v) is 5.18. The maximum Gasteiger partial charge on any atom is -0.0287 e. The van der Waals surface area contributed by atoms with Crippen molar-refractivity contribution in [3.8, 4) is 0 Å². The fraction of sp³-hybridized carbons (Fsp3) is 1.00. The van der Waals surface area contributed by atoms with E-state index in [4.69, 9.17) is 0 Å². The zero-order valence-electron chi connectivity index (χ0n) is 8.22. The fourth-order valence-corrected chi connectivity index (χ4v) is 4.22. The molecular formula is C11H20. The van der Waals surface area contributed by atoms with E-state index in [1.165, 1.54) is 12.8 Å². The van der Waals surface area contributed by atoms with Gasteiger partial charge in [0.2, 0.25) is 0 Å². The van der Waals surface area contributed by atoms with Crippen LogP contribution in [0.3, 0.4) is 0 Å². The van der Waals surface area contributed by atoms with Gasteiger partial charge in [0.05, 0.1) is 0 Å². The monoisotopic (exact) mass is 152 g/mol. The summed E-state index contributed by atoms with van der Waals surface area (Å²) in [5.41, 5.74) is 0.721. The molecule has 0 aromatic carbocycles. The fourth-order valence-electron chi connectivity index (χ4n) is 4.22. The number of hydrogen-bond donors (Lipinski definition) is 0. The molecule has 0 heterocycles. The molecule has 0 N–H and O–H groups in total. The summed E-state index contributed by atoms with van der Waals surface area (Å²) in [6, 6.07) is 0. The molecule has 3 saturated carbocycles. The van der Waals surface area contributed by atoms with Crippen molar-refractivity contribution in [1.29, 1.82) is 0 Å². The van der Waals surface area contributed by atoms with Crippen molar-refractivity contribution in [3.63, 3.8) is 0 Å². The zero-order chi connectivity index (χ0) is 8.22. The van der Waals surface area contributed by atoms with Gasteiger partial charge in [-0.15, -0.1) is 0 Å². The minimum atomic E-state index is 0.721. The Kier molecular flexibility index (Phi) is 1.41. The minimum Gasteiger partial charge on any atom is -0.0654 e. The molecule has 0 saturated heterocycles. The van der Waals surface area contributed by atoms with Crippen LogP contribution in [-0.4, -0.2) is 0 Å². The third kappa shape index (κ3) is 0.666. The molecule has 2 unspecified atom stereocenters. The van der Waals surface area contributed by atoms with E-state index in [2.05, 4.69) is 27.7 Å². The highest BCUT2D eigenvalue weighted by Crippen LogP contribution is 2.75. The Morgan fingerprint density at radius 2 is 1.73 bits per heavy atom. The Morgan fingerprint density at radius 1 is 1.18 bits per heavy atom. The normalized spacial score (nSPS) is 51.3. The topological polar surface area (TPSA) is 0 Å². The van der Waals surface area contributed by atoms with Crippen LogP contribution in [-0.2, 0) is 0 Å². The largest absolute Gasteiger partial charge is 0.0654 e. The summed E-state index contributed by atoms with van der Waals surface area (Å²) in [6.07, 6.45) is 2.88. The molecule has 0 heteroatoms. The predicted molar refractivity (Wildman–Crippen MR) is 48.3 cm³/mol. The minimum absolute atomic E-state index is 0.721. The molecular weight excluding hydrogens is 132 g/mol. The van der Waals surface area contributed by atoms with E-state index in [9.17, 15) is 0 Å². The Labute approximate surface area is 70.4 Å². The molecule has 3 fully saturated rings. The second-order valence-electron chi connectivity index (χ2n) is 5.18. The van der Waals surface area contributed by atoms with Crippen LogP contribution in [0.5, 0.6) is 0 Å². The lowest BCUT2D eigenvalue weighted by atomic mass is 9.29. The third-order valence-electron chi connectivity index (χ3n) is 4.40. The molecule has 3 rings (SSSR count). The first-order valence-corrected chi connectivity index (χ1v) is 5.10. The highest BCUT2D eigenvalue weighted by molar-refractivity contribution is 5.17. The van der Waals surface area contributed by atoms with Crippen molar-refractivity contribution < 1.29 is 0 Å². The van der Waals surface area contributed by atoms with Gasteiger partial charge in [-0.3, -0.25) is 0 Å². The van der Waals surface area contributed by atoms with Gasteiger partial charge in [0.25, 0.3) is 0 Å². The first kappa shape index (κ1) is 7.64. The van der Waals surface area contributed by atoms with Gasteiger partial charge >= 0.3 is 0 Å². The summed E-state index contributed by atoms with van der Waals surface area (Å²) in [6.45, 7) is 9.66. The Bertz CT molecular complexity index is 155. The first-order chi connectivity index (χ1) is 5.10. The predicted octanol–water partition coefficient (Wildman–Crippen LogP) is 3.32. The average molecular weight is 152 g/mol. The molecule has 0 radical (unpaired) electrons. The summed E-state index contributed by atoms with van der Waals surface area (Å²) < 4.78 is 0. The van der Waals surface area contributed by atoms with E-state index in [-0.39, 0.29) is 0 Å². The maximum atomic E-state index is 2.45. The molecule has 3 aliphatic rings. The van der Waals surface area contributed by atoms with Gasteiger partial charge < -0.3 is 0 Å². The smallest absolute Gasteiger partial charge is 0.0287 e. The Hall–Kier alpha value is 0. The molecule has 0 spiro atoms. The lowest BCUT2D eigenvalue weighted by Crippen LogP contribution is -2.71. The summed E-state index contributed by atoms with van der Waals surface area (Å²) in [7, 11) is 0. The standard InChI is InChI=1S/C11H20/c1-5-6-8-9-7(2)10(8)11(9,3)4/h7-10H,5-6H2,1-4H3. The van der Waals surface area contributed by atoms with Gasteiger partial charge in [0, 0.05) is 0 Å². The molecule has 64 valence electrons. The van der Waals surface area contributed by atoms with Gasteiger partial charge in [-0.25, -0.2) is 0 Å². The maximum absolute atomic E-state index is 2.45. The lowest BCUT2D eigenvalue weighted by molar-refractivity contribution is -0.283. The Morgan fingerprint density at radius 3 is 2.00 bits per heavy atom. The molecule has 3 aliphatic carbocycles. The van der Waals surface area contributed by atoms with E-state index >= 15 is 0 Å². The highest BCUT2D eigenvalue weighted by atomic mass is 14.7. The van der Waals surface area contributed by atoms with E-state index < -0.39 is 0 Å². The average Bonchev–Trinajstić information content (AvgIpc) is 1.85. The summed E-state index contributed by atoms with van der Waals surface area (Å²) >= 11 is 0. The van der Waals surface area contributed by atoms with Crippen LogP contribution in [0, 0.1) is 29.1 Å². The van der Waals surface area contributed by atoms with Crippen molar-refractivity contribution in [2.24, 2.45) is 29.1 Å². The van der Waals surface area contributed by atoms with Crippen molar-refractivity contribution >= 4 is 0 Å². The molecule has 2 bridgehead atoms. The van der Waals surface area contributed by atoms with Gasteiger partial charge in [0.1, 0.15) is 0 Å². The van der Waals surface area contributed by atoms with Crippen LogP contribution in [0.15, 0.2) is 0 Å². The van der Waals surface area contributed by atoms with Gasteiger partial charge in [-0.05, 0) is 29.1 Å². The molecule has 2 atom stereocenters. The van der Waals surface area contributed by atoms with Crippen LogP contribution >= 0.6 is 0 Å². The quantitative estimate of drug-likeness (QED) is 0.569. The van der Waals surface area contributed by atoms with Crippen molar-refractivity contribution in [2.45, 2.75) is 40.5 Å². The van der Waals surface area contributed by atoms with Crippen molar-refractivity contribution in [1.82, 2.24) is 0 Å².